The zero-order valence-corrected chi connectivity index (χ0v) is 17.7. The van der Waals surface area contributed by atoms with E-state index >= 15 is 0 Å². The first-order chi connectivity index (χ1) is 15.5. The maximum Gasteiger partial charge on any atom is 0.341 e. The number of allylic oxidation sites excluding steroid dienone is 2. The van der Waals surface area contributed by atoms with Crippen LogP contribution >= 0.6 is 0 Å². The van der Waals surface area contributed by atoms with Crippen LogP contribution in [0.4, 0.5) is 0 Å². The predicted octanol–water partition coefficient (Wildman–Crippen LogP) is 5.02. The molecule has 1 amide bonds. The highest BCUT2D eigenvalue weighted by molar-refractivity contribution is 6.09. The molecule has 0 spiro atoms. The molecule has 3 aromatic carbocycles. The fraction of sp³-hybridized carbons (Fsp3) is 0.111. The van der Waals surface area contributed by atoms with Crippen molar-refractivity contribution in [3.8, 4) is 16.9 Å². The van der Waals surface area contributed by atoms with Crippen molar-refractivity contribution in [2.75, 3.05) is 6.61 Å². The van der Waals surface area contributed by atoms with Crippen molar-refractivity contribution in [1.82, 2.24) is 0 Å². The van der Waals surface area contributed by atoms with Gasteiger partial charge in [-0.1, -0.05) is 66.7 Å². The monoisotopic (exact) mass is 425 g/mol. The summed E-state index contributed by atoms with van der Waals surface area (Å²) in [6.07, 6.45) is 2.15. The number of benzene rings is 3. The Morgan fingerprint density at radius 2 is 1.62 bits per heavy atom. The van der Waals surface area contributed by atoms with E-state index < -0.39 is 18.5 Å². The van der Waals surface area contributed by atoms with Gasteiger partial charge in [0.15, 0.2) is 6.61 Å². The SMILES string of the molecule is CC1=C(CC(N)=O)c2c(OCC(=O)O)cccc2/C1=C\c1ccccc1-c1ccccc1. The molecule has 0 bridgehead atoms. The highest BCUT2D eigenvalue weighted by Gasteiger charge is 2.28. The highest BCUT2D eigenvalue weighted by atomic mass is 16.5. The fourth-order valence-corrected chi connectivity index (χ4v) is 4.12. The molecule has 5 nitrogen and oxygen atoms in total. The molecule has 1 aliphatic rings. The first-order valence-corrected chi connectivity index (χ1v) is 10.3. The van der Waals surface area contributed by atoms with E-state index in [4.69, 9.17) is 15.6 Å². The van der Waals surface area contributed by atoms with Crippen molar-refractivity contribution in [2.45, 2.75) is 13.3 Å². The molecule has 0 unspecified atom stereocenters. The molecule has 0 heterocycles. The van der Waals surface area contributed by atoms with Gasteiger partial charge in [0.05, 0.1) is 6.42 Å². The molecular weight excluding hydrogens is 402 g/mol. The number of ether oxygens (including phenoxy) is 1. The number of nitrogens with two attached hydrogens (primary N) is 1. The molecule has 1 aliphatic carbocycles. The number of carbonyl (C=O) groups is 2. The van der Waals surface area contributed by atoms with E-state index in [1.54, 1.807) is 6.07 Å². The van der Waals surface area contributed by atoms with Crippen molar-refractivity contribution < 1.29 is 19.4 Å². The minimum atomic E-state index is -1.06. The Kier molecular flexibility index (Phi) is 5.90. The molecule has 0 atom stereocenters. The smallest absolute Gasteiger partial charge is 0.341 e. The predicted molar refractivity (Wildman–Crippen MR) is 126 cm³/mol. The number of fused-ring (bicyclic) bond motifs is 1. The van der Waals surface area contributed by atoms with Crippen LogP contribution in [0.15, 0.2) is 78.4 Å². The average Bonchev–Trinajstić information content (AvgIpc) is 3.04. The van der Waals surface area contributed by atoms with Gasteiger partial charge in [0.2, 0.25) is 5.91 Å². The van der Waals surface area contributed by atoms with Crippen LogP contribution in [0.2, 0.25) is 0 Å². The third-order valence-corrected chi connectivity index (χ3v) is 5.52. The van der Waals surface area contributed by atoms with Gasteiger partial charge in [-0.05, 0) is 58.0 Å². The van der Waals surface area contributed by atoms with Crippen LogP contribution in [0.5, 0.6) is 5.75 Å². The Hall–Kier alpha value is -4.12. The van der Waals surface area contributed by atoms with Gasteiger partial charge in [0.25, 0.3) is 0 Å². The second kappa shape index (κ2) is 8.94. The molecule has 0 fully saturated rings. The van der Waals surface area contributed by atoms with Crippen LogP contribution in [0, 0.1) is 0 Å². The number of hydrogen-bond donors (Lipinski definition) is 2. The Balaban J connectivity index is 1.88. The van der Waals surface area contributed by atoms with Crippen LogP contribution < -0.4 is 10.5 Å². The van der Waals surface area contributed by atoms with Crippen LogP contribution in [0.3, 0.4) is 0 Å². The van der Waals surface area contributed by atoms with Gasteiger partial charge >= 0.3 is 5.97 Å². The van der Waals surface area contributed by atoms with E-state index in [1.807, 2.05) is 49.4 Å². The lowest BCUT2D eigenvalue weighted by molar-refractivity contribution is -0.139. The summed E-state index contributed by atoms with van der Waals surface area (Å²) in [6.45, 7) is 1.49. The zero-order valence-electron chi connectivity index (χ0n) is 17.7. The number of primary amides is 1. The standard InChI is InChI=1S/C27H23NO4/c1-17-22(14-19-10-5-6-11-20(19)18-8-3-2-4-9-18)21-12-7-13-24(32-16-26(30)31)27(21)23(17)15-25(28)29/h2-14H,15-16H2,1H3,(H2,28,29)(H,30,31)/b22-14-. The Morgan fingerprint density at radius 3 is 2.34 bits per heavy atom. The maximum absolute atomic E-state index is 11.8. The Bertz CT molecular complexity index is 1260. The second-order valence-electron chi connectivity index (χ2n) is 7.62. The van der Waals surface area contributed by atoms with E-state index in [0.717, 1.165) is 44.5 Å². The van der Waals surface area contributed by atoms with Crippen molar-refractivity contribution in [2.24, 2.45) is 5.73 Å². The van der Waals surface area contributed by atoms with E-state index in [1.165, 1.54) is 0 Å². The fourth-order valence-electron chi connectivity index (χ4n) is 4.12. The van der Waals surface area contributed by atoms with E-state index in [0.29, 0.717) is 5.75 Å². The topological polar surface area (TPSA) is 89.6 Å². The molecule has 0 saturated carbocycles. The Labute approximate surface area is 186 Å². The van der Waals surface area contributed by atoms with Crippen molar-refractivity contribution in [1.29, 1.82) is 0 Å². The van der Waals surface area contributed by atoms with E-state index in [9.17, 15) is 9.59 Å². The number of carboxylic acid groups (broad SMARTS) is 1. The molecule has 160 valence electrons. The molecule has 3 N–H and O–H groups in total. The lowest BCUT2D eigenvalue weighted by atomic mass is 9.95. The van der Waals surface area contributed by atoms with E-state index in [2.05, 4.69) is 30.3 Å². The van der Waals surface area contributed by atoms with Gasteiger partial charge in [0, 0.05) is 5.56 Å². The Morgan fingerprint density at radius 1 is 0.938 bits per heavy atom. The molecule has 3 aromatic rings. The number of aliphatic carboxylic acids is 1. The number of rotatable bonds is 7. The summed E-state index contributed by atoms with van der Waals surface area (Å²) in [5.74, 6) is -1.09. The summed E-state index contributed by atoms with van der Waals surface area (Å²) in [5.41, 5.74) is 13.0. The summed E-state index contributed by atoms with van der Waals surface area (Å²) in [4.78, 5) is 22.9. The third-order valence-electron chi connectivity index (χ3n) is 5.52. The lowest BCUT2D eigenvalue weighted by Gasteiger charge is -2.12. The van der Waals surface area contributed by atoms with Gasteiger partial charge < -0.3 is 15.6 Å². The summed E-state index contributed by atoms with van der Waals surface area (Å²) in [7, 11) is 0. The first kappa shape index (κ1) is 21.1. The molecule has 0 saturated heterocycles. The number of carbonyl (C=O) groups excluding carboxylic acids is 1. The lowest BCUT2D eigenvalue weighted by Crippen LogP contribution is -2.13. The minimum Gasteiger partial charge on any atom is -0.481 e. The number of carboxylic acids is 1. The summed E-state index contributed by atoms with van der Waals surface area (Å²) < 4.78 is 5.55. The highest BCUT2D eigenvalue weighted by Crippen LogP contribution is 2.47. The molecule has 0 aromatic heterocycles. The molecular formula is C27H23NO4. The number of hydrogen-bond acceptors (Lipinski definition) is 3. The molecule has 0 radical (unpaired) electrons. The minimum absolute atomic E-state index is 0.0456. The van der Waals surface area contributed by atoms with Crippen molar-refractivity contribution in [3.05, 3.63) is 95.1 Å². The molecule has 0 aliphatic heterocycles. The van der Waals surface area contributed by atoms with Crippen LogP contribution in [-0.2, 0) is 9.59 Å². The van der Waals surface area contributed by atoms with Gasteiger partial charge in [0.1, 0.15) is 5.75 Å². The summed E-state index contributed by atoms with van der Waals surface area (Å²) >= 11 is 0. The van der Waals surface area contributed by atoms with Crippen LogP contribution in [-0.4, -0.2) is 23.6 Å². The van der Waals surface area contributed by atoms with Gasteiger partial charge in [-0.15, -0.1) is 0 Å². The number of amides is 1. The largest absolute Gasteiger partial charge is 0.481 e. The van der Waals surface area contributed by atoms with Crippen LogP contribution in [0.1, 0.15) is 30.0 Å². The van der Waals surface area contributed by atoms with Gasteiger partial charge in [-0.2, -0.15) is 0 Å². The van der Waals surface area contributed by atoms with Gasteiger partial charge in [-0.3, -0.25) is 4.79 Å². The summed E-state index contributed by atoms with van der Waals surface area (Å²) in [6, 6.07) is 23.8. The second-order valence-corrected chi connectivity index (χ2v) is 7.62. The van der Waals surface area contributed by atoms with Gasteiger partial charge in [-0.25, -0.2) is 4.79 Å². The molecule has 32 heavy (non-hydrogen) atoms. The molecule has 5 heteroatoms. The molecule has 4 rings (SSSR count). The van der Waals surface area contributed by atoms with Crippen molar-refractivity contribution in [3.63, 3.8) is 0 Å². The first-order valence-electron chi connectivity index (χ1n) is 10.3. The third kappa shape index (κ3) is 4.18. The zero-order chi connectivity index (χ0) is 22.7. The summed E-state index contributed by atoms with van der Waals surface area (Å²) in [5, 5.41) is 9.05. The normalized spacial score (nSPS) is 13.8. The van der Waals surface area contributed by atoms with Crippen molar-refractivity contribution >= 4 is 29.1 Å². The van der Waals surface area contributed by atoms with E-state index in [-0.39, 0.29) is 6.42 Å². The average molecular weight is 425 g/mol. The van der Waals surface area contributed by atoms with Crippen LogP contribution in [0.25, 0.3) is 28.3 Å². The quantitative estimate of drug-likeness (QED) is 0.556. The maximum atomic E-state index is 11.8.